The van der Waals surface area contributed by atoms with Gasteiger partial charge in [0.25, 0.3) is 11.2 Å². The number of amides is 1. The van der Waals surface area contributed by atoms with Crippen LogP contribution in [0.2, 0.25) is 0 Å². The molecule has 3 aromatic rings. The molecule has 0 bridgehead atoms. The molecular formula is C21H20N4O6. The number of nitrogens with zero attached hydrogens (tertiary/aromatic N) is 3. The number of hydrogen-bond donors (Lipinski definition) is 1. The quantitative estimate of drug-likeness (QED) is 0.456. The number of aryl methyl sites for hydroxylation is 1. The van der Waals surface area contributed by atoms with Gasteiger partial charge in [-0.15, -0.1) is 0 Å². The lowest BCUT2D eigenvalue weighted by Crippen LogP contribution is -2.29. The number of nitrogens with one attached hydrogen (secondary N) is 1. The Labute approximate surface area is 177 Å². The predicted molar refractivity (Wildman–Crippen MR) is 114 cm³/mol. The average molecular weight is 424 g/mol. The minimum Gasteiger partial charge on any atom is -0.493 e. The lowest BCUT2D eigenvalue weighted by molar-refractivity contribution is -0.384. The maximum Gasteiger partial charge on any atom is 0.269 e. The van der Waals surface area contributed by atoms with Gasteiger partial charge in [0.1, 0.15) is 6.54 Å². The fourth-order valence-electron chi connectivity index (χ4n) is 2.94. The predicted octanol–water partition coefficient (Wildman–Crippen LogP) is 2.78. The topological polar surface area (TPSA) is 126 Å². The lowest BCUT2D eigenvalue weighted by Gasteiger charge is -2.11. The fraction of sp³-hybridized carbons (Fsp3) is 0.190. The summed E-state index contributed by atoms with van der Waals surface area (Å²) in [7, 11) is 3.04. The summed E-state index contributed by atoms with van der Waals surface area (Å²) in [4.78, 5) is 35.0. The van der Waals surface area contributed by atoms with Gasteiger partial charge in [0.2, 0.25) is 5.91 Å². The van der Waals surface area contributed by atoms with Gasteiger partial charge in [0.15, 0.2) is 11.5 Å². The zero-order valence-electron chi connectivity index (χ0n) is 17.1. The smallest absolute Gasteiger partial charge is 0.269 e. The molecule has 0 atom stereocenters. The van der Waals surface area contributed by atoms with E-state index < -0.39 is 16.4 Å². The van der Waals surface area contributed by atoms with Crippen LogP contribution in [0.1, 0.15) is 5.56 Å². The highest BCUT2D eigenvalue weighted by atomic mass is 16.6. The minimum absolute atomic E-state index is 0.0731. The van der Waals surface area contributed by atoms with E-state index in [-0.39, 0.29) is 12.2 Å². The SMILES string of the molecule is COc1ccc(-c2ccc(=O)n(CC(=O)Nc3ccc([N+](=O)[O-])cc3C)n2)cc1OC. The zero-order chi connectivity index (χ0) is 22.5. The van der Waals surface area contributed by atoms with E-state index >= 15 is 0 Å². The molecule has 2 aromatic carbocycles. The molecule has 0 saturated heterocycles. The van der Waals surface area contributed by atoms with Crippen molar-refractivity contribution in [3.63, 3.8) is 0 Å². The van der Waals surface area contributed by atoms with Crippen molar-refractivity contribution in [3.05, 3.63) is 74.6 Å². The summed E-state index contributed by atoms with van der Waals surface area (Å²) in [5, 5.41) is 17.8. The number of ether oxygens (including phenoxy) is 2. The van der Waals surface area contributed by atoms with E-state index in [2.05, 4.69) is 10.4 Å². The first-order chi connectivity index (χ1) is 14.8. The number of carbonyl (C=O) groups excluding carboxylic acids is 1. The van der Waals surface area contributed by atoms with Gasteiger partial charge in [-0.2, -0.15) is 5.10 Å². The molecule has 0 aliphatic carbocycles. The molecule has 1 aromatic heterocycles. The van der Waals surface area contributed by atoms with E-state index in [9.17, 15) is 19.7 Å². The van der Waals surface area contributed by atoms with Crippen LogP contribution in [-0.2, 0) is 11.3 Å². The van der Waals surface area contributed by atoms with E-state index in [0.29, 0.717) is 34.0 Å². The summed E-state index contributed by atoms with van der Waals surface area (Å²) in [6.45, 7) is 1.32. The number of anilines is 1. The first-order valence-electron chi connectivity index (χ1n) is 9.18. The van der Waals surface area contributed by atoms with Crippen LogP contribution in [0.4, 0.5) is 11.4 Å². The van der Waals surface area contributed by atoms with Crippen LogP contribution >= 0.6 is 0 Å². The van der Waals surface area contributed by atoms with Gasteiger partial charge in [-0.3, -0.25) is 19.7 Å². The van der Waals surface area contributed by atoms with Crippen LogP contribution in [0.5, 0.6) is 11.5 Å². The molecule has 0 aliphatic heterocycles. The number of nitro benzene ring substituents is 1. The second-order valence-electron chi connectivity index (χ2n) is 6.59. The third-order valence-electron chi connectivity index (χ3n) is 4.53. The third-order valence-corrected chi connectivity index (χ3v) is 4.53. The Kier molecular flexibility index (Phi) is 6.29. The number of nitro groups is 1. The van der Waals surface area contributed by atoms with Gasteiger partial charge in [-0.25, -0.2) is 4.68 Å². The van der Waals surface area contributed by atoms with Gasteiger partial charge in [0.05, 0.1) is 24.8 Å². The van der Waals surface area contributed by atoms with Crippen LogP contribution in [0, 0.1) is 17.0 Å². The summed E-state index contributed by atoms with van der Waals surface area (Å²) in [6.07, 6.45) is 0. The maximum absolute atomic E-state index is 12.5. The Morgan fingerprint density at radius 3 is 2.48 bits per heavy atom. The van der Waals surface area contributed by atoms with Crippen molar-refractivity contribution in [1.82, 2.24) is 9.78 Å². The van der Waals surface area contributed by atoms with Crippen LogP contribution in [0.25, 0.3) is 11.3 Å². The number of aromatic nitrogens is 2. The molecule has 10 heteroatoms. The molecule has 160 valence electrons. The molecule has 3 rings (SSSR count). The first-order valence-corrected chi connectivity index (χ1v) is 9.18. The summed E-state index contributed by atoms with van der Waals surface area (Å²) < 4.78 is 11.6. The van der Waals surface area contributed by atoms with Crippen molar-refractivity contribution in [3.8, 4) is 22.8 Å². The standard InChI is InChI=1S/C21H20N4O6/c1-13-10-15(25(28)29)5-6-16(13)22-20(26)12-24-21(27)9-7-17(23-24)14-4-8-18(30-2)19(11-14)31-3/h4-11H,12H2,1-3H3,(H,22,26). The molecule has 0 unspecified atom stereocenters. The zero-order valence-corrected chi connectivity index (χ0v) is 17.1. The van der Waals surface area contributed by atoms with Crippen LogP contribution < -0.4 is 20.3 Å². The highest BCUT2D eigenvalue weighted by Crippen LogP contribution is 2.31. The number of benzene rings is 2. The number of carbonyl (C=O) groups is 1. The third kappa shape index (κ3) is 4.86. The van der Waals surface area contributed by atoms with Crippen LogP contribution in [-0.4, -0.2) is 34.8 Å². The van der Waals surface area contributed by atoms with Crippen molar-refractivity contribution >= 4 is 17.3 Å². The molecule has 0 aliphatic rings. The second-order valence-corrected chi connectivity index (χ2v) is 6.59. The molecule has 0 spiro atoms. The maximum atomic E-state index is 12.5. The highest BCUT2D eigenvalue weighted by molar-refractivity contribution is 5.91. The summed E-state index contributed by atoms with van der Waals surface area (Å²) in [5.74, 6) is 0.569. The highest BCUT2D eigenvalue weighted by Gasteiger charge is 2.13. The van der Waals surface area contributed by atoms with Crippen LogP contribution in [0.15, 0.2) is 53.3 Å². The molecule has 0 fully saturated rings. The average Bonchev–Trinajstić information content (AvgIpc) is 2.76. The molecule has 1 N–H and O–H groups in total. The molecule has 1 amide bonds. The van der Waals surface area contributed by atoms with Crippen molar-refractivity contribution < 1.29 is 19.2 Å². The monoisotopic (exact) mass is 424 g/mol. The van der Waals surface area contributed by atoms with E-state index in [0.717, 1.165) is 4.68 Å². The Balaban J connectivity index is 1.82. The number of non-ortho nitro benzene ring substituents is 1. The van der Waals surface area contributed by atoms with Gasteiger partial charge < -0.3 is 14.8 Å². The fourth-order valence-corrected chi connectivity index (χ4v) is 2.94. The van der Waals surface area contributed by atoms with Crippen molar-refractivity contribution in [2.45, 2.75) is 13.5 Å². The van der Waals surface area contributed by atoms with E-state index in [1.807, 2.05) is 0 Å². The summed E-state index contributed by atoms with van der Waals surface area (Å²) in [5.41, 5.74) is 1.58. The van der Waals surface area contributed by atoms with Gasteiger partial charge >= 0.3 is 0 Å². The van der Waals surface area contributed by atoms with Gasteiger partial charge in [-0.05, 0) is 42.8 Å². The van der Waals surface area contributed by atoms with Gasteiger partial charge in [0, 0.05) is 29.4 Å². The molecule has 1 heterocycles. The molecule has 31 heavy (non-hydrogen) atoms. The Hall–Kier alpha value is -4.21. The Morgan fingerprint density at radius 1 is 1.10 bits per heavy atom. The normalized spacial score (nSPS) is 10.4. The van der Waals surface area contributed by atoms with Crippen molar-refractivity contribution in [2.75, 3.05) is 19.5 Å². The molecule has 10 nitrogen and oxygen atoms in total. The number of rotatable bonds is 7. The van der Waals surface area contributed by atoms with Crippen LogP contribution in [0.3, 0.4) is 0 Å². The van der Waals surface area contributed by atoms with Crippen molar-refractivity contribution in [2.24, 2.45) is 0 Å². The second kappa shape index (κ2) is 9.08. The van der Waals surface area contributed by atoms with Gasteiger partial charge in [-0.1, -0.05) is 0 Å². The molecular weight excluding hydrogens is 404 g/mol. The molecule has 0 saturated carbocycles. The lowest BCUT2D eigenvalue weighted by atomic mass is 10.1. The first kappa shape index (κ1) is 21.5. The van der Waals surface area contributed by atoms with E-state index in [1.165, 1.54) is 38.5 Å². The Morgan fingerprint density at radius 2 is 1.84 bits per heavy atom. The largest absolute Gasteiger partial charge is 0.493 e. The minimum atomic E-state index is -0.512. The molecule has 0 radical (unpaired) electrons. The van der Waals surface area contributed by atoms with E-state index in [1.54, 1.807) is 31.2 Å². The van der Waals surface area contributed by atoms with Crippen molar-refractivity contribution in [1.29, 1.82) is 0 Å². The number of methoxy groups -OCH3 is 2. The number of hydrogen-bond acceptors (Lipinski definition) is 7. The van der Waals surface area contributed by atoms with E-state index in [4.69, 9.17) is 9.47 Å². The summed E-state index contributed by atoms with van der Waals surface area (Å²) in [6, 6.07) is 12.2. The Bertz CT molecular complexity index is 1200. The summed E-state index contributed by atoms with van der Waals surface area (Å²) >= 11 is 0.